The third kappa shape index (κ3) is 3.72. The van der Waals surface area contributed by atoms with Crippen LogP contribution in [0.4, 0.5) is 4.39 Å². The van der Waals surface area contributed by atoms with Crippen molar-refractivity contribution in [2.45, 2.75) is 51.5 Å². The number of nitrogens with zero attached hydrogens (tertiary/aromatic N) is 4. The highest BCUT2D eigenvalue weighted by Crippen LogP contribution is 2.36. The van der Waals surface area contributed by atoms with Gasteiger partial charge in [0.25, 0.3) is 0 Å². The zero-order chi connectivity index (χ0) is 18.9. The van der Waals surface area contributed by atoms with Gasteiger partial charge in [0.2, 0.25) is 0 Å². The molecule has 1 N–H and O–H groups in total. The zero-order valence-corrected chi connectivity index (χ0v) is 15.2. The smallest absolute Gasteiger partial charge is 0.483 e. The summed E-state index contributed by atoms with van der Waals surface area (Å²) in [6, 6.07) is 4.42. The lowest BCUT2D eigenvalue weighted by atomic mass is 9.79. The molecule has 26 heavy (non-hydrogen) atoms. The quantitative estimate of drug-likeness (QED) is 0.749. The first-order valence-electron chi connectivity index (χ1n) is 8.35. The van der Waals surface area contributed by atoms with Crippen LogP contribution in [0, 0.1) is 5.82 Å². The van der Waals surface area contributed by atoms with E-state index < -0.39 is 30.2 Å². The van der Waals surface area contributed by atoms with Crippen LogP contribution in [0.2, 0.25) is 0 Å². The minimum atomic E-state index is -0.707. The second kappa shape index (κ2) is 6.94. The van der Waals surface area contributed by atoms with E-state index in [4.69, 9.17) is 14.0 Å². The SMILES string of the molecule is CC1(C)OB(c2ccc(F)c(OC(CO)Cn3cnnn3)c2)OC1(C)C. The molecule has 3 rings (SSSR count). The summed E-state index contributed by atoms with van der Waals surface area (Å²) in [6.07, 6.45) is 0.685. The lowest BCUT2D eigenvalue weighted by Crippen LogP contribution is -2.41. The van der Waals surface area contributed by atoms with Crippen molar-refractivity contribution in [2.24, 2.45) is 0 Å². The van der Waals surface area contributed by atoms with E-state index in [2.05, 4.69) is 15.5 Å². The van der Waals surface area contributed by atoms with Crippen molar-refractivity contribution in [3.05, 3.63) is 30.3 Å². The van der Waals surface area contributed by atoms with Gasteiger partial charge in [0.1, 0.15) is 12.4 Å². The topological polar surface area (TPSA) is 91.5 Å². The number of rotatable bonds is 6. The molecule has 0 saturated carbocycles. The molecule has 1 fully saturated rings. The molecule has 2 heterocycles. The summed E-state index contributed by atoms with van der Waals surface area (Å²) >= 11 is 0. The molecule has 0 bridgehead atoms. The lowest BCUT2D eigenvalue weighted by molar-refractivity contribution is 0.00578. The van der Waals surface area contributed by atoms with Gasteiger partial charge in [-0.1, -0.05) is 6.07 Å². The molecule has 1 aliphatic rings. The summed E-state index contributed by atoms with van der Waals surface area (Å²) in [6.45, 7) is 7.65. The largest absolute Gasteiger partial charge is 0.494 e. The highest BCUT2D eigenvalue weighted by atomic mass is 19.1. The summed E-state index contributed by atoms with van der Waals surface area (Å²) in [5.41, 5.74) is -0.360. The Morgan fingerprint density at radius 3 is 2.54 bits per heavy atom. The number of aliphatic hydroxyl groups excluding tert-OH is 1. The second-order valence-corrected chi connectivity index (χ2v) is 7.23. The molecule has 0 amide bonds. The van der Waals surface area contributed by atoms with E-state index in [1.807, 2.05) is 27.7 Å². The monoisotopic (exact) mass is 364 g/mol. The average Bonchev–Trinajstić information content (AvgIpc) is 3.14. The molecule has 1 saturated heterocycles. The van der Waals surface area contributed by atoms with Crippen molar-refractivity contribution in [3.63, 3.8) is 0 Å². The summed E-state index contributed by atoms with van der Waals surface area (Å²) in [5, 5.41) is 20.3. The van der Waals surface area contributed by atoms with E-state index in [1.165, 1.54) is 23.1 Å². The molecule has 0 aliphatic carbocycles. The van der Waals surface area contributed by atoms with Gasteiger partial charge in [-0.3, -0.25) is 0 Å². The number of aliphatic hydroxyl groups is 1. The molecular formula is C16H22BFN4O4. The van der Waals surface area contributed by atoms with Gasteiger partial charge in [0.05, 0.1) is 24.4 Å². The Balaban J connectivity index is 1.77. The molecular weight excluding hydrogens is 342 g/mol. The third-order valence-electron chi connectivity index (χ3n) is 4.76. The molecule has 2 aromatic rings. The summed E-state index contributed by atoms with van der Waals surface area (Å²) < 4.78 is 33.2. The van der Waals surface area contributed by atoms with E-state index in [0.717, 1.165) is 0 Å². The first kappa shape index (κ1) is 18.7. The predicted octanol–water partition coefficient (Wildman–Crippen LogP) is 0.551. The van der Waals surface area contributed by atoms with Crippen LogP contribution in [0.5, 0.6) is 5.75 Å². The fraction of sp³-hybridized carbons (Fsp3) is 0.562. The van der Waals surface area contributed by atoms with Crippen molar-refractivity contribution >= 4 is 12.6 Å². The maximum Gasteiger partial charge on any atom is 0.494 e. The van der Waals surface area contributed by atoms with Crippen molar-refractivity contribution in [1.82, 2.24) is 20.2 Å². The number of hydrogen-bond donors (Lipinski definition) is 1. The van der Waals surface area contributed by atoms with Crippen molar-refractivity contribution < 1.29 is 23.5 Å². The van der Waals surface area contributed by atoms with Gasteiger partial charge in [-0.15, -0.1) is 5.10 Å². The molecule has 0 radical (unpaired) electrons. The Morgan fingerprint density at radius 2 is 1.96 bits per heavy atom. The van der Waals surface area contributed by atoms with E-state index in [-0.39, 0.29) is 18.9 Å². The van der Waals surface area contributed by atoms with Crippen LogP contribution in [-0.2, 0) is 15.9 Å². The van der Waals surface area contributed by atoms with Gasteiger partial charge in [0, 0.05) is 0 Å². The number of ether oxygens (including phenoxy) is 1. The number of hydrogen-bond acceptors (Lipinski definition) is 7. The first-order valence-corrected chi connectivity index (χ1v) is 8.35. The maximum atomic E-state index is 14.2. The van der Waals surface area contributed by atoms with Crippen molar-refractivity contribution in [2.75, 3.05) is 6.61 Å². The van der Waals surface area contributed by atoms with Crippen LogP contribution in [0.15, 0.2) is 24.5 Å². The Bertz CT molecular complexity index is 741. The fourth-order valence-corrected chi connectivity index (χ4v) is 2.52. The van der Waals surface area contributed by atoms with Crippen molar-refractivity contribution in [3.8, 4) is 5.75 Å². The maximum absolute atomic E-state index is 14.2. The van der Waals surface area contributed by atoms with Crippen molar-refractivity contribution in [1.29, 1.82) is 0 Å². The minimum Gasteiger partial charge on any atom is -0.483 e. The summed E-state index contributed by atoms with van der Waals surface area (Å²) in [7, 11) is -0.630. The second-order valence-electron chi connectivity index (χ2n) is 7.23. The molecule has 1 unspecified atom stereocenters. The van der Waals surface area contributed by atoms with E-state index in [1.54, 1.807) is 6.07 Å². The summed E-state index contributed by atoms with van der Waals surface area (Å²) in [5.74, 6) is -0.537. The standard InChI is InChI=1S/C16H22BFN4O4/c1-15(2)16(3,4)26-17(25-15)11-5-6-13(18)14(7-11)24-12(9-23)8-22-10-19-20-21-22/h5-7,10,12,23H,8-9H2,1-4H3. The van der Waals surface area contributed by atoms with Gasteiger partial charge in [-0.25, -0.2) is 9.07 Å². The van der Waals surface area contributed by atoms with E-state index in [9.17, 15) is 9.50 Å². The first-order chi connectivity index (χ1) is 12.2. The van der Waals surface area contributed by atoms with Crippen LogP contribution < -0.4 is 10.2 Å². The van der Waals surface area contributed by atoms with Crippen LogP contribution >= 0.6 is 0 Å². The summed E-state index contributed by atoms with van der Waals surface area (Å²) in [4.78, 5) is 0. The number of halogens is 1. The zero-order valence-electron chi connectivity index (χ0n) is 15.2. The third-order valence-corrected chi connectivity index (χ3v) is 4.76. The Labute approximate surface area is 151 Å². The molecule has 1 aliphatic heterocycles. The van der Waals surface area contributed by atoms with Gasteiger partial charge in [-0.2, -0.15) is 0 Å². The van der Waals surface area contributed by atoms with Gasteiger partial charge >= 0.3 is 7.12 Å². The lowest BCUT2D eigenvalue weighted by Gasteiger charge is -2.32. The highest BCUT2D eigenvalue weighted by molar-refractivity contribution is 6.62. The molecule has 8 nitrogen and oxygen atoms in total. The normalized spacial score (nSPS) is 19.5. The fourth-order valence-electron chi connectivity index (χ4n) is 2.52. The number of benzene rings is 1. The Kier molecular flexibility index (Phi) is 5.00. The van der Waals surface area contributed by atoms with E-state index >= 15 is 0 Å². The molecule has 1 atom stereocenters. The average molecular weight is 364 g/mol. The molecule has 0 spiro atoms. The van der Waals surface area contributed by atoms with Crippen LogP contribution in [-0.4, -0.2) is 56.3 Å². The van der Waals surface area contributed by atoms with Crippen LogP contribution in [0.3, 0.4) is 0 Å². The molecule has 10 heteroatoms. The van der Waals surface area contributed by atoms with Crippen LogP contribution in [0.25, 0.3) is 0 Å². The van der Waals surface area contributed by atoms with Gasteiger partial charge in [0.15, 0.2) is 11.6 Å². The Morgan fingerprint density at radius 1 is 1.27 bits per heavy atom. The highest BCUT2D eigenvalue weighted by Gasteiger charge is 2.51. The molecule has 140 valence electrons. The predicted molar refractivity (Wildman–Crippen MR) is 91.4 cm³/mol. The Hall–Kier alpha value is -2.04. The van der Waals surface area contributed by atoms with Gasteiger partial charge in [-0.05, 0) is 55.7 Å². The van der Waals surface area contributed by atoms with Crippen LogP contribution in [0.1, 0.15) is 27.7 Å². The van der Waals surface area contributed by atoms with E-state index in [0.29, 0.717) is 5.46 Å². The number of aromatic nitrogens is 4. The molecule has 1 aromatic heterocycles. The number of tetrazole rings is 1. The van der Waals surface area contributed by atoms with Gasteiger partial charge < -0.3 is 19.2 Å². The minimum absolute atomic E-state index is 0.00402. The molecule has 1 aromatic carbocycles.